The Morgan fingerprint density at radius 1 is 1.38 bits per heavy atom. The van der Waals surface area contributed by atoms with E-state index in [1.54, 1.807) is 0 Å². The zero-order chi connectivity index (χ0) is 14.9. The van der Waals surface area contributed by atoms with Gasteiger partial charge in [-0.15, -0.1) is 0 Å². The van der Waals surface area contributed by atoms with E-state index in [-0.39, 0.29) is 0 Å². The fourth-order valence-corrected chi connectivity index (χ4v) is 3.29. The lowest BCUT2D eigenvalue weighted by molar-refractivity contribution is 0.183. The Hall–Kier alpha value is -1.68. The van der Waals surface area contributed by atoms with Gasteiger partial charge in [0.15, 0.2) is 5.82 Å². The lowest BCUT2D eigenvalue weighted by Crippen LogP contribution is -2.41. The van der Waals surface area contributed by atoms with Crippen molar-refractivity contribution in [2.75, 3.05) is 0 Å². The molecule has 1 aliphatic rings. The van der Waals surface area contributed by atoms with E-state index in [1.807, 2.05) is 12.1 Å². The molecule has 2 aromatic rings. The number of rotatable bonds is 3. The first-order chi connectivity index (χ1) is 10.1. The summed E-state index contributed by atoms with van der Waals surface area (Å²) >= 11 is 0. The Morgan fingerprint density at radius 3 is 2.95 bits per heavy atom. The van der Waals surface area contributed by atoms with Gasteiger partial charge in [0.2, 0.25) is 5.89 Å². The summed E-state index contributed by atoms with van der Waals surface area (Å²) in [6.45, 7) is 4.34. The predicted octanol–water partition coefficient (Wildman–Crippen LogP) is 3.33. The molecule has 2 atom stereocenters. The Bertz CT molecular complexity index is 622. The lowest BCUT2D eigenvalue weighted by Gasteiger charge is -2.33. The van der Waals surface area contributed by atoms with Gasteiger partial charge < -0.3 is 10.3 Å². The molecule has 2 unspecified atom stereocenters. The van der Waals surface area contributed by atoms with Crippen LogP contribution in [0.4, 0.5) is 0 Å². The molecule has 3 rings (SSSR count). The second-order valence-corrected chi connectivity index (χ2v) is 6.48. The van der Waals surface area contributed by atoms with Crippen molar-refractivity contribution in [2.45, 2.75) is 51.5 Å². The first-order valence-electron chi connectivity index (χ1n) is 7.73. The van der Waals surface area contributed by atoms with Crippen molar-refractivity contribution in [3.05, 3.63) is 47.1 Å². The van der Waals surface area contributed by atoms with E-state index in [0.29, 0.717) is 18.2 Å². The van der Waals surface area contributed by atoms with Crippen LogP contribution >= 0.6 is 0 Å². The van der Waals surface area contributed by atoms with E-state index in [0.717, 1.165) is 25.1 Å². The van der Waals surface area contributed by atoms with Gasteiger partial charge in [-0.25, -0.2) is 0 Å². The van der Waals surface area contributed by atoms with Crippen molar-refractivity contribution in [1.29, 1.82) is 0 Å². The van der Waals surface area contributed by atoms with Crippen molar-refractivity contribution < 1.29 is 4.52 Å². The molecule has 2 N–H and O–H groups in total. The Kier molecular flexibility index (Phi) is 3.81. The maximum atomic E-state index is 6.51. The smallest absolute Gasteiger partial charge is 0.246 e. The second-order valence-electron chi connectivity index (χ2n) is 6.48. The quantitative estimate of drug-likeness (QED) is 0.939. The minimum atomic E-state index is -0.436. The number of aryl methyl sites for hydroxylation is 1. The molecule has 1 saturated carbocycles. The summed E-state index contributed by atoms with van der Waals surface area (Å²) in [4.78, 5) is 4.57. The van der Waals surface area contributed by atoms with Crippen LogP contribution in [0.15, 0.2) is 28.8 Å². The first kappa shape index (κ1) is 14.3. The fraction of sp³-hybridized carbons (Fsp3) is 0.529. The van der Waals surface area contributed by atoms with Crippen LogP contribution < -0.4 is 5.73 Å². The highest BCUT2D eigenvalue weighted by molar-refractivity contribution is 5.28. The number of hydrogen-bond acceptors (Lipinski definition) is 4. The van der Waals surface area contributed by atoms with Gasteiger partial charge in [-0.1, -0.05) is 49.2 Å². The average molecular weight is 285 g/mol. The molecule has 0 bridgehead atoms. The molecule has 1 aliphatic carbocycles. The summed E-state index contributed by atoms with van der Waals surface area (Å²) in [7, 11) is 0. The van der Waals surface area contributed by atoms with Crippen molar-refractivity contribution in [2.24, 2.45) is 11.7 Å². The molecule has 112 valence electrons. The van der Waals surface area contributed by atoms with Gasteiger partial charge in [-0.3, -0.25) is 0 Å². The molecule has 1 heterocycles. The maximum Gasteiger partial charge on any atom is 0.246 e. The van der Waals surface area contributed by atoms with E-state index >= 15 is 0 Å². The Morgan fingerprint density at radius 2 is 2.19 bits per heavy atom. The van der Waals surface area contributed by atoms with E-state index in [2.05, 4.69) is 36.1 Å². The zero-order valence-electron chi connectivity index (χ0n) is 12.8. The minimum Gasteiger partial charge on any atom is -0.337 e. The van der Waals surface area contributed by atoms with Crippen LogP contribution in [0.5, 0.6) is 0 Å². The molecule has 1 aromatic carbocycles. The van der Waals surface area contributed by atoms with Gasteiger partial charge in [-0.05, 0) is 36.8 Å². The van der Waals surface area contributed by atoms with Gasteiger partial charge in [0, 0.05) is 6.42 Å². The van der Waals surface area contributed by atoms with Gasteiger partial charge in [-0.2, -0.15) is 4.98 Å². The molecule has 1 fully saturated rings. The van der Waals surface area contributed by atoms with Crippen LogP contribution in [0, 0.1) is 12.8 Å². The van der Waals surface area contributed by atoms with Crippen molar-refractivity contribution in [3.63, 3.8) is 0 Å². The summed E-state index contributed by atoms with van der Waals surface area (Å²) in [6.07, 6.45) is 4.93. The van der Waals surface area contributed by atoms with E-state index in [9.17, 15) is 0 Å². The van der Waals surface area contributed by atoms with Crippen molar-refractivity contribution in [3.8, 4) is 0 Å². The monoisotopic (exact) mass is 285 g/mol. The van der Waals surface area contributed by atoms with Crippen LogP contribution in [-0.2, 0) is 12.0 Å². The molecule has 0 saturated heterocycles. The topological polar surface area (TPSA) is 64.9 Å². The molecular formula is C17H23N3O. The van der Waals surface area contributed by atoms with E-state index in [1.165, 1.54) is 17.5 Å². The van der Waals surface area contributed by atoms with Crippen LogP contribution in [0.1, 0.15) is 55.4 Å². The highest BCUT2D eigenvalue weighted by atomic mass is 16.5. The average Bonchev–Trinajstić information content (AvgIpc) is 2.91. The minimum absolute atomic E-state index is 0.436. The summed E-state index contributed by atoms with van der Waals surface area (Å²) in [5.41, 5.74) is 8.55. The van der Waals surface area contributed by atoms with Gasteiger partial charge in [0.05, 0.1) is 5.54 Å². The lowest BCUT2D eigenvalue weighted by atomic mass is 9.77. The molecule has 4 nitrogen and oxygen atoms in total. The van der Waals surface area contributed by atoms with Crippen molar-refractivity contribution in [1.82, 2.24) is 10.1 Å². The third-order valence-electron chi connectivity index (χ3n) is 4.54. The summed E-state index contributed by atoms with van der Waals surface area (Å²) in [5.74, 6) is 1.95. The van der Waals surface area contributed by atoms with E-state index < -0.39 is 5.54 Å². The van der Waals surface area contributed by atoms with Gasteiger partial charge >= 0.3 is 0 Å². The predicted molar refractivity (Wildman–Crippen MR) is 81.8 cm³/mol. The molecular weight excluding hydrogens is 262 g/mol. The highest BCUT2D eigenvalue weighted by Gasteiger charge is 2.37. The summed E-state index contributed by atoms with van der Waals surface area (Å²) in [5, 5.41) is 4.13. The number of nitrogens with two attached hydrogens (primary N) is 1. The maximum absolute atomic E-state index is 6.51. The molecule has 0 radical (unpaired) electrons. The van der Waals surface area contributed by atoms with Crippen LogP contribution in [0.3, 0.4) is 0 Å². The largest absolute Gasteiger partial charge is 0.337 e. The van der Waals surface area contributed by atoms with Gasteiger partial charge in [0.1, 0.15) is 0 Å². The standard InChI is InChI=1S/C17H23N3O/c1-12-6-5-9-17(18,11-12)16-19-15(20-21-16)10-14-8-4-3-7-13(14)2/h3-4,7-8,12H,5-6,9-11,18H2,1-2H3. The zero-order valence-corrected chi connectivity index (χ0v) is 12.8. The number of aromatic nitrogens is 2. The second kappa shape index (κ2) is 5.60. The third-order valence-corrected chi connectivity index (χ3v) is 4.54. The molecule has 4 heteroatoms. The Labute approximate surface area is 125 Å². The number of nitrogens with zero attached hydrogens (tertiary/aromatic N) is 2. The normalized spacial score (nSPS) is 26.0. The number of hydrogen-bond donors (Lipinski definition) is 1. The Balaban J connectivity index is 1.79. The first-order valence-corrected chi connectivity index (χ1v) is 7.73. The highest BCUT2D eigenvalue weighted by Crippen LogP contribution is 2.37. The summed E-state index contributed by atoms with van der Waals surface area (Å²) < 4.78 is 5.48. The van der Waals surface area contributed by atoms with Gasteiger partial charge in [0.25, 0.3) is 0 Å². The van der Waals surface area contributed by atoms with Crippen LogP contribution in [0.25, 0.3) is 0 Å². The summed E-state index contributed by atoms with van der Waals surface area (Å²) in [6, 6.07) is 8.28. The molecule has 0 amide bonds. The van der Waals surface area contributed by atoms with Crippen LogP contribution in [-0.4, -0.2) is 10.1 Å². The molecule has 0 aliphatic heterocycles. The molecule has 1 aromatic heterocycles. The fourth-order valence-electron chi connectivity index (χ4n) is 3.29. The van der Waals surface area contributed by atoms with E-state index in [4.69, 9.17) is 10.3 Å². The third kappa shape index (κ3) is 3.00. The van der Waals surface area contributed by atoms with Crippen LogP contribution in [0.2, 0.25) is 0 Å². The van der Waals surface area contributed by atoms with Crippen molar-refractivity contribution >= 4 is 0 Å². The molecule has 0 spiro atoms. The SMILES string of the molecule is Cc1ccccc1Cc1noc(C2(N)CCCC(C)C2)n1. The number of benzene rings is 1. The molecule has 21 heavy (non-hydrogen) atoms.